The number of unbranched alkanes of at least 4 members (excludes halogenated alkanes) is 1. The van der Waals surface area contributed by atoms with Crippen molar-refractivity contribution in [3.05, 3.63) is 0 Å². The summed E-state index contributed by atoms with van der Waals surface area (Å²) in [6.45, 7) is 24.3. The first-order valence-corrected chi connectivity index (χ1v) is 18.4. The van der Waals surface area contributed by atoms with Gasteiger partial charge < -0.3 is 23.6 Å². The van der Waals surface area contributed by atoms with E-state index in [1.165, 1.54) is 0 Å². The van der Waals surface area contributed by atoms with Crippen molar-refractivity contribution in [2.45, 2.75) is 106 Å². The van der Waals surface area contributed by atoms with Gasteiger partial charge in [0.15, 0.2) is 0 Å². The summed E-state index contributed by atoms with van der Waals surface area (Å²) in [5, 5.41) is 0. The lowest BCUT2D eigenvalue weighted by Gasteiger charge is -2.35. The highest BCUT2D eigenvalue weighted by molar-refractivity contribution is 7.58. The van der Waals surface area contributed by atoms with Crippen LogP contribution in [0, 0.1) is 0 Å². The van der Waals surface area contributed by atoms with Crippen molar-refractivity contribution in [1.29, 1.82) is 0 Å². The molecule has 0 spiro atoms. The third-order valence-electron chi connectivity index (χ3n) is 6.67. The normalized spacial score (nSPS) is 18.8. The van der Waals surface area contributed by atoms with Crippen molar-refractivity contribution >= 4 is 25.4 Å². The van der Waals surface area contributed by atoms with E-state index < -0.39 is 30.3 Å². The van der Waals surface area contributed by atoms with Crippen LogP contribution in [0.25, 0.3) is 0 Å². The Morgan fingerprint density at radius 1 is 0.622 bits per heavy atom. The first-order valence-electron chi connectivity index (χ1n) is 16.4. The molecule has 0 aromatic carbocycles. The molecule has 0 N–H and O–H groups in total. The molecule has 0 saturated carbocycles. The summed E-state index contributed by atoms with van der Waals surface area (Å²) < 4.78 is 36.7. The zero-order valence-corrected chi connectivity index (χ0v) is 31.0. The van der Waals surface area contributed by atoms with Crippen LogP contribution < -0.4 is 0 Å². The Morgan fingerprint density at radius 3 is 1.42 bits per heavy atom. The van der Waals surface area contributed by atoms with E-state index in [4.69, 9.17) is 18.7 Å². The molecule has 1 aliphatic heterocycles. The predicted octanol–water partition coefficient (Wildman–Crippen LogP) is 4.90. The summed E-state index contributed by atoms with van der Waals surface area (Å²) in [6.07, 6.45) is 2.02. The van der Waals surface area contributed by atoms with Gasteiger partial charge in [-0.1, -0.05) is 13.3 Å². The molecule has 45 heavy (non-hydrogen) atoms. The second-order valence-corrected chi connectivity index (χ2v) is 17.4. The van der Waals surface area contributed by atoms with Crippen LogP contribution in [-0.4, -0.2) is 139 Å². The molecule has 1 unspecified atom stereocenters. The molecule has 1 aliphatic rings. The van der Waals surface area contributed by atoms with Crippen LogP contribution in [0.15, 0.2) is 0 Å². The number of amides is 1. The third-order valence-corrected chi connectivity index (χ3v) is 9.22. The lowest BCUT2D eigenvalue weighted by molar-refractivity contribution is -0.158. The molecule has 0 aromatic heterocycles. The number of rotatable bonds is 11. The van der Waals surface area contributed by atoms with Gasteiger partial charge >= 0.3 is 18.0 Å². The highest BCUT2D eigenvalue weighted by atomic mass is 31.2. The van der Waals surface area contributed by atoms with E-state index in [0.29, 0.717) is 65.1 Å². The number of esters is 2. The van der Waals surface area contributed by atoms with Crippen molar-refractivity contribution < 1.29 is 37.7 Å². The van der Waals surface area contributed by atoms with Crippen LogP contribution in [0.3, 0.4) is 0 Å². The Kier molecular flexibility index (Phi) is 17.0. The molecule has 13 heteroatoms. The third kappa shape index (κ3) is 19.5. The monoisotopic (exact) mass is 662 g/mol. The molecule has 1 saturated heterocycles. The predicted molar refractivity (Wildman–Crippen MR) is 178 cm³/mol. The van der Waals surface area contributed by atoms with Crippen LogP contribution in [0.2, 0.25) is 0 Å². The van der Waals surface area contributed by atoms with Gasteiger partial charge in [0, 0.05) is 58.5 Å². The average molecular weight is 663 g/mol. The topological polar surface area (TPSA) is 118 Å². The molecule has 0 bridgehead atoms. The fourth-order valence-corrected chi connectivity index (χ4v) is 7.24. The summed E-state index contributed by atoms with van der Waals surface area (Å²) >= 11 is 0. The lowest BCUT2D eigenvalue weighted by Crippen LogP contribution is -2.50. The molecule has 1 heterocycles. The second-order valence-electron chi connectivity index (χ2n) is 14.8. The minimum Gasteiger partial charge on any atom is -0.459 e. The van der Waals surface area contributed by atoms with Crippen LogP contribution >= 0.6 is 7.37 Å². The van der Waals surface area contributed by atoms with Gasteiger partial charge in [-0.3, -0.25) is 28.9 Å². The van der Waals surface area contributed by atoms with Crippen molar-refractivity contribution in [1.82, 2.24) is 19.6 Å². The van der Waals surface area contributed by atoms with Gasteiger partial charge in [-0.25, -0.2) is 4.79 Å². The second kappa shape index (κ2) is 18.6. The average Bonchev–Trinajstić information content (AvgIpc) is 2.84. The number of nitrogens with zero attached hydrogens (tertiary/aromatic N) is 4. The molecular weight excluding hydrogens is 599 g/mol. The van der Waals surface area contributed by atoms with Crippen molar-refractivity contribution in [3.63, 3.8) is 0 Å². The van der Waals surface area contributed by atoms with E-state index in [9.17, 15) is 18.9 Å². The Labute approximate surface area is 272 Å². The molecule has 12 nitrogen and oxygen atoms in total. The fraction of sp³-hybridized carbons (Fsp3) is 0.906. The summed E-state index contributed by atoms with van der Waals surface area (Å²) in [5.41, 5.74) is -1.92. The first-order chi connectivity index (χ1) is 20.6. The van der Waals surface area contributed by atoms with E-state index in [1.54, 1.807) is 4.90 Å². The van der Waals surface area contributed by atoms with E-state index in [0.717, 1.165) is 12.8 Å². The largest absolute Gasteiger partial charge is 0.459 e. The lowest BCUT2D eigenvalue weighted by atomic mass is 10.2. The van der Waals surface area contributed by atoms with Gasteiger partial charge in [0.25, 0.3) is 0 Å². The van der Waals surface area contributed by atoms with Gasteiger partial charge in [0.2, 0.25) is 7.37 Å². The summed E-state index contributed by atoms with van der Waals surface area (Å²) in [6, 6.07) is 0. The SMILES string of the molecule is CCCCP(=O)(CN1CCN(CC(=O)OC(C)(C)C)CCN(CC(=O)OC(C)(C)C)CCN(C(=O)OC(C)(C)C)CC1)OCC. The van der Waals surface area contributed by atoms with Crippen LogP contribution in [-0.2, 0) is 32.9 Å². The highest BCUT2D eigenvalue weighted by Gasteiger charge is 2.30. The van der Waals surface area contributed by atoms with Gasteiger partial charge in [-0.15, -0.1) is 0 Å². The number of hydrogen-bond donors (Lipinski definition) is 0. The summed E-state index contributed by atoms with van der Waals surface area (Å²) in [4.78, 5) is 46.7. The quantitative estimate of drug-likeness (QED) is 0.171. The minimum atomic E-state index is -2.96. The van der Waals surface area contributed by atoms with Gasteiger partial charge in [-0.2, -0.15) is 0 Å². The van der Waals surface area contributed by atoms with Gasteiger partial charge in [-0.05, 0) is 75.7 Å². The molecular formula is C32H63N4O8P. The van der Waals surface area contributed by atoms with Crippen LogP contribution in [0.4, 0.5) is 4.79 Å². The standard InChI is InChI=1S/C32H63N4O8P/c1-12-14-23-45(40,41-13-2)26-35-18-17-33(24-27(37)42-30(3,4)5)15-16-34(25-28(38)43-31(6,7)8)19-21-36(22-20-35)29(39)44-32(9,10)11/h12-26H2,1-11H3. The van der Waals surface area contributed by atoms with E-state index in [1.807, 2.05) is 79.0 Å². The van der Waals surface area contributed by atoms with E-state index >= 15 is 0 Å². The fourth-order valence-electron chi connectivity index (χ4n) is 4.73. The number of ether oxygens (including phenoxy) is 3. The summed E-state index contributed by atoms with van der Waals surface area (Å²) in [5.74, 6) is -0.694. The zero-order valence-electron chi connectivity index (χ0n) is 30.1. The molecule has 0 aliphatic carbocycles. The minimum absolute atomic E-state index is 0.0425. The molecule has 1 atom stereocenters. The number of carbonyl (C=O) groups excluding carboxylic acids is 3. The molecule has 1 amide bonds. The van der Waals surface area contributed by atoms with Crippen LogP contribution in [0.1, 0.15) is 89.0 Å². The summed E-state index contributed by atoms with van der Waals surface area (Å²) in [7, 11) is -2.96. The first kappa shape index (κ1) is 41.3. The van der Waals surface area contributed by atoms with Crippen molar-refractivity contribution in [2.24, 2.45) is 0 Å². The Balaban J connectivity index is 3.35. The van der Waals surface area contributed by atoms with Gasteiger partial charge in [0.1, 0.15) is 16.8 Å². The smallest absolute Gasteiger partial charge is 0.410 e. The number of carbonyl (C=O) groups is 3. The Hall–Kier alpha value is -1.72. The molecule has 1 fully saturated rings. The molecule has 1 rings (SSSR count). The maximum atomic E-state index is 13.9. The van der Waals surface area contributed by atoms with Crippen molar-refractivity contribution in [3.8, 4) is 0 Å². The Bertz CT molecular complexity index is 974. The molecule has 0 aromatic rings. The van der Waals surface area contributed by atoms with Crippen molar-refractivity contribution in [2.75, 3.05) is 84.5 Å². The van der Waals surface area contributed by atoms with Gasteiger partial charge in [0.05, 0.1) is 26.0 Å². The highest BCUT2D eigenvalue weighted by Crippen LogP contribution is 2.48. The number of hydrogen-bond acceptors (Lipinski definition) is 11. The zero-order chi connectivity index (χ0) is 34.5. The van der Waals surface area contributed by atoms with Crippen LogP contribution in [0.5, 0.6) is 0 Å². The maximum Gasteiger partial charge on any atom is 0.410 e. The Morgan fingerprint density at radius 2 is 1.02 bits per heavy atom. The molecule has 0 radical (unpaired) electrons. The maximum absolute atomic E-state index is 13.9. The molecule has 264 valence electrons. The van der Waals surface area contributed by atoms with E-state index in [2.05, 4.69) is 11.8 Å². The van der Waals surface area contributed by atoms with E-state index in [-0.39, 0.29) is 31.3 Å².